The summed E-state index contributed by atoms with van der Waals surface area (Å²) in [4.78, 5) is 21.3. The van der Waals surface area contributed by atoms with Crippen LogP contribution in [0.1, 0.15) is 28.7 Å². The molecule has 0 aliphatic rings. The minimum atomic E-state index is -0.710. The number of nitrogens with zero attached hydrogens (tertiary/aromatic N) is 3. The zero-order chi connectivity index (χ0) is 22.0. The summed E-state index contributed by atoms with van der Waals surface area (Å²) in [6.07, 6.45) is 0.990. The molecule has 7 heteroatoms. The molecule has 0 radical (unpaired) electrons. The molecule has 0 N–H and O–H groups in total. The standard InChI is InChI=1S/C23H27F2N3OS/c1-14-9-15(2)18(16(3)10-14)13-21(29)28(8-6-7-27(4)5)23-26-22-19(25)11-17(24)12-20(22)30-23/h9-12H,6-8,13H2,1-5H3. The molecule has 1 amide bonds. The molecule has 0 aliphatic heterocycles. The third kappa shape index (κ3) is 5.02. The number of halogens is 2. The SMILES string of the molecule is Cc1cc(C)c(CC(=O)N(CCCN(C)C)c2nc3c(F)cc(F)cc3s2)c(C)c1. The molecule has 0 atom stereocenters. The number of hydrogen-bond acceptors (Lipinski definition) is 4. The highest BCUT2D eigenvalue weighted by Crippen LogP contribution is 2.32. The Bertz CT molecular complexity index is 1050. The summed E-state index contributed by atoms with van der Waals surface area (Å²) in [7, 11) is 3.95. The second-order valence-electron chi connectivity index (χ2n) is 7.99. The number of hydrogen-bond donors (Lipinski definition) is 0. The fraction of sp³-hybridized carbons (Fsp3) is 0.391. The van der Waals surface area contributed by atoms with Crippen molar-refractivity contribution in [3.05, 3.63) is 58.2 Å². The largest absolute Gasteiger partial charge is 0.309 e. The number of aryl methyl sites for hydroxylation is 3. The van der Waals surface area contributed by atoms with Gasteiger partial charge >= 0.3 is 0 Å². The van der Waals surface area contributed by atoms with Gasteiger partial charge in [0.25, 0.3) is 0 Å². The molecule has 0 fully saturated rings. The van der Waals surface area contributed by atoms with Gasteiger partial charge in [0.05, 0.1) is 11.1 Å². The van der Waals surface area contributed by atoms with Gasteiger partial charge in [0.1, 0.15) is 11.3 Å². The van der Waals surface area contributed by atoms with E-state index in [1.54, 1.807) is 4.90 Å². The number of fused-ring (bicyclic) bond motifs is 1. The molecule has 0 saturated carbocycles. The van der Waals surface area contributed by atoms with Gasteiger partial charge in [0.2, 0.25) is 5.91 Å². The summed E-state index contributed by atoms with van der Waals surface area (Å²) >= 11 is 1.14. The van der Waals surface area contributed by atoms with Crippen molar-refractivity contribution in [3.63, 3.8) is 0 Å². The van der Waals surface area contributed by atoms with Crippen LogP contribution in [-0.4, -0.2) is 43.0 Å². The molecule has 30 heavy (non-hydrogen) atoms. The summed E-state index contributed by atoms with van der Waals surface area (Å²) in [5, 5.41) is 0.403. The number of aromatic nitrogens is 1. The number of benzene rings is 2. The van der Waals surface area contributed by atoms with Crippen molar-refractivity contribution >= 4 is 32.6 Å². The number of rotatable bonds is 7. The predicted octanol–water partition coefficient (Wildman–Crippen LogP) is 5.03. The zero-order valence-electron chi connectivity index (χ0n) is 18.1. The van der Waals surface area contributed by atoms with E-state index in [4.69, 9.17) is 0 Å². The molecule has 3 aromatic rings. The highest BCUT2D eigenvalue weighted by molar-refractivity contribution is 7.22. The van der Waals surface area contributed by atoms with E-state index >= 15 is 0 Å². The highest BCUT2D eigenvalue weighted by Gasteiger charge is 2.22. The van der Waals surface area contributed by atoms with E-state index in [0.717, 1.165) is 52.6 Å². The topological polar surface area (TPSA) is 36.4 Å². The van der Waals surface area contributed by atoms with Gasteiger partial charge in [-0.2, -0.15) is 0 Å². The van der Waals surface area contributed by atoms with Gasteiger partial charge in [0, 0.05) is 12.6 Å². The van der Waals surface area contributed by atoms with E-state index in [0.29, 0.717) is 16.4 Å². The molecule has 1 aromatic heterocycles. The van der Waals surface area contributed by atoms with Gasteiger partial charge in [-0.3, -0.25) is 9.69 Å². The van der Waals surface area contributed by atoms with Crippen LogP contribution in [0.25, 0.3) is 10.2 Å². The maximum absolute atomic E-state index is 14.2. The van der Waals surface area contributed by atoms with Gasteiger partial charge in [-0.25, -0.2) is 13.8 Å². The van der Waals surface area contributed by atoms with Gasteiger partial charge in [0.15, 0.2) is 10.9 Å². The maximum atomic E-state index is 14.2. The van der Waals surface area contributed by atoms with E-state index in [-0.39, 0.29) is 17.8 Å². The molecule has 0 spiro atoms. The van der Waals surface area contributed by atoms with Crippen LogP contribution in [0.15, 0.2) is 24.3 Å². The first-order valence-electron chi connectivity index (χ1n) is 9.93. The van der Waals surface area contributed by atoms with E-state index in [9.17, 15) is 13.6 Å². The van der Waals surface area contributed by atoms with Gasteiger partial charge in [-0.05, 0) is 70.6 Å². The Morgan fingerprint density at radius 2 is 1.70 bits per heavy atom. The highest BCUT2D eigenvalue weighted by atomic mass is 32.1. The lowest BCUT2D eigenvalue weighted by atomic mass is 9.97. The summed E-state index contributed by atoms with van der Waals surface area (Å²) in [5.74, 6) is -1.45. The van der Waals surface area contributed by atoms with Gasteiger partial charge < -0.3 is 4.90 Å². The first-order valence-corrected chi connectivity index (χ1v) is 10.7. The first-order chi connectivity index (χ1) is 14.2. The monoisotopic (exact) mass is 431 g/mol. The molecular weight excluding hydrogens is 404 g/mol. The van der Waals surface area contributed by atoms with Crippen LogP contribution in [-0.2, 0) is 11.2 Å². The molecule has 1 heterocycles. The molecule has 0 aliphatic carbocycles. The normalized spacial score (nSPS) is 11.5. The minimum Gasteiger partial charge on any atom is -0.309 e. The van der Waals surface area contributed by atoms with Crippen molar-refractivity contribution in [2.24, 2.45) is 0 Å². The smallest absolute Gasteiger partial charge is 0.233 e. The Kier molecular flexibility index (Phi) is 6.83. The molecule has 0 unspecified atom stereocenters. The van der Waals surface area contributed by atoms with Crippen molar-refractivity contribution < 1.29 is 13.6 Å². The maximum Gasteiger partial charge on any atom is 0.233 e. The van der Waals surface area contributed by atoms with Crippen molar-refractivity contribution in [2.75, 3.05) is 32.1 Å². The molecule has 160 valence electrons. The second-order valence-corrected chi connectivity index (χ2v) is 9.00. The van der Waals surface area contributed by atoms with Crippen LogP contribution in [0, 0.1) is 32.4 Å². The lowest BCUT2D eigenvalue weighted by Crippen LogP contribution is -2.34. The van der Waals surface area contributed by atoms with Crippen molar-refractivity contribution in [3.8, 4) is 0 Å². The summed E-state index contributed by atoms with van der Waals surface area (Å²) in [5.41, 5.74) is 4.41. The fourth-order valence-electron chi connectivity index (χ4n) is 3.67. The minimum absolute atomic E-state index is 0.0938. The Hall–Kier alpha value is -2.38. The molecule has 2 aromatic carbocycles. The average molecular weight is 432 g/mol. The van der Waals surface area contributed by atoms with Crippen LogP contribution in [0.5, 0.6) is 0 Å². The average Bonchev–Trinajstić information content (AvgIpc) is 3.05. The second kappa shape index (κ2) is 9.18. The van der Waals surface area contributed by atoms with Crippen LogP contribution in [0.4, 0.5) is 13.9 Å². The van der Waals surface area contributed by atoms with Crippen LogP contribution in [0.2, 0.25) is 0 Å². The van der Waals surface area contributed by atoms with E-state index < -0.39 is 11.6 Å². The molecule has 4 nitrogen and oxygen atoms in total. The summed E-state index contributed by atoms with van der Waals surface area (Å²) in [6, 6.07) is 6.23. The van der Waals surface area contributed by atoms with E-state index in [2.05, 4.69) is 17.1 Å². The lowest BCUT2D eigenvalue weighted by molar-refractivity contribution is -0.118. The van der Waals surface area contributed by atoms with E-state index in [1.807, 2.05) is 39.8 Å². The fourth-order valence-corrected chi connectivity index (χ4v) is 4.72. The Morgan fingerprint density at radius 1 is 1.03 bits per heavy atom. The number of thiazole rings is 1. The molecular formula is C23H27F2N3OS. The van der Waals surface area contributed by atoms with Crippen molar-refractivity contribution in [1.82, 2.24) is 9.88 Å². The zero-order valence-corrected chi connectivity index (χ0v) is 18.9. The Morgan fingerprint density at radius 3 is 2.33 bits per heavy atom. The third-order valence-electron chi connectivity index (χ3n) is 5.09. The van der Waals surface area contributed by atoms with Gasteiger partial charge in [-0.1, -0.05) is 29.0 Å². The molecule has 0 saturated heterocycles. The molecule has 0 bridgehead atoms. The van der Waals surface area contributed by atoms with E-state index in [1.165, 1.54) is 6.07 Å². The van der Waals surface area contributed by atoms with Crippen LogP contribution in [0.3, 0.4) is 0 Å². The number of amides is 1. The number of carbonyl (C=O) groups is 1. The number of carbonyl (C=O) groups excluding carboxylic acids is 1. The molecule has 3 rings (SSSR count). The van der Waals surface area contributed by atoms with Gasteiger partial charge in [-0.15, -0.1) is 0 Å². The van der Waals surface area contributed by atoms with Crippen molar-refractivity contribution in [1.29, 1.82) is 0 Å². The Labute approximate surface area is 180 Å². The Balaban J connectivity index is 1.94. The van der Waals surface area contributed by atoms with Crippen LogP contribution >= 0.6 is 11.3 Å². The summed E-state index contributed by atoms with van der Waals surface area (Å²) in [6.45, 7) is 7.32. The lowest BCUT2D eigenvalue weighted by Gasteiger charge is -2.22. The first kappa shape index (κ1) is 22.3. The summed E-state index contributed by atoms with van der Waals surface area (Å²) < 4.78 is 28.2. The quantitative estimate of drug-likeness (QED) is 0.527. The predicted molar refractivity (Wildman–Crippen MR) is 119 cm³/mol. The number of anilines is 1. The third-order valence-corrected chi connectivity index (χ3v) is 6.11. The van der Waals surface area contributed by atoms with Crippen molar-refractivity contribution in [2.45, 2.75) is 33.6 Å². The van der Waals surface area contributed by atoms with Crippen LogP contribution < -0.4 is 4.90 Å².